The zero-order valence-electron chi connectivity index (χ0n) is 26.4. The first kappa shape index (κ1) is 28.4. The Hall–Kier alpha value is -5.84. The van der Waals surface area contributed by atoms with Crippen LogP contribution in [0.25, 0.3) is 44.5 Å². The molecule has 8 aromatic rings. The molecule has 1 aliphatic rings. The molecule has 2 aromatic heterocycles. The number of hydrogen-bond acceptors (Lipinski definition) is 4. The molecule has 232 valence electrons. The van der Waals surface area contributed by atoms with E-state index in [1.807, 2.05) is 55.2 Å². The molecule has 6 nitrogen and oxygen atoms in total. The fourth-order valence-electron chi connectivity index (χ4n) is 6.90. The van der Waals surface area contributed by atoms with E-state index in [1.54, 1.807) is 0 Å². The van der Waals surface area contributed by atoms with Crippen molar-refractivity contribution in [2.24, 2.45) is 0 Å². The molecule has 1 unspecified atom stereocenters. The van der Waals surface area contributed by atoms with E-state index in [1.165, 1.54) is 0 Å². The van der Waals surface area contributed by atoms with Crippen LogP contribution in [0.2, 0.25) is 0 Å². The number of aromatic nitrogens is 3. The van der Waals surface area contributed by atoms with Crippen LogP contribution in [0.3, 0.4) is 0 Å². The summed E-state index contributed by atoms with van der Waals surface area (Å²) in [6, 6.07) is 51.8. The third-order valence-electron chi connectivity index (χ3n) is 9.38. The monoisotopic (exact) mass is 641 g/mol. The summed E-state index contributed by atoms with van der Waals surface area (Å²) in [6.07, 6.45) is 4.17. The van der Waals surface area contributed by atoms with E-state index in [-0.39, 0.29) is 0 Å². The maximum absolute atomic E-state index is 14.9. The molecule has 0 radical (unpaired) electrons. The van der Waals surface area contributed by atoms with Gasteiger partial charge in [0.25, 0.3) is 0 Å². The van der Waals surface area contributed by atoms with Crippen LogP contribution in [-0.4, -0.2) is 27.5 Å². The summed E-state index contributed by atoms with van der Waals surface area (Å²) in [6.45, 7) is 2.57. The van der Waals surface area contributed by atoms with Crippen molar-refractivity contribution in [1.29, 1.82) is 0 Å². The van der Waals surface area contributed by atoms with Crippen LogP contribution in [0, 0.1) is 0 Å². The Balaban J connectivity index is 1.18. The van der Waals surface area contributed by atoms with Crippen molar-refractivity contribution in [3.8, 4) is 11.6 Å². The third-order valence-corrected chi connectivity index (χ3v) is 11.9. The first-order chi connectivity index (χ1) is 23.6. The SMILES string of the molecule is CP(=O)(c1cccc(N2C=CN(c3ccccc3)C2)c1)c1ccc2c3ccccc3n(-c3nc4ccccc4n3-c3ccccc3)c2c1. The van der Waals surface area contributed by atoms with Gasteiger partial charge >= 0.3 is 0 Å². The first-order valence-corrected chi connectivity index (χ1v) is 18.2. The van der Waals surface area contributed by atoms with Crippen LogP contribution in [-0.2, 0) is 4.57 Å². The highest BCUT2D eigenvalue weighted by molar-refractivity contribution is 7.78. The number of imidazole rings is 1. The number of fused-ring (bicyclic) bond motifs is 4. The van der Waals surface area contributed by atoms with Crippen LogP contribution in [0.1, 0.15) is 0 Å². The van der Waals surface area contributed by atoms with Gasteiger partial charge in [-0.3, -0.25) is 9.13 Å². The smallest absolute Gasteiger partial charge is 0.220 e. The van der Waals surface area contributed by atoms with Gasteiger partial charge in [0, 0.05) is 50.8 Å². The van der Waals surface area contributed by atoms with Crippen LogP contribution < -0.4 is 20.4 Å². The largest absolute Gasteiger partial charge is 0.328 e. The minimum Gasteiger partial charge on any atom is -0.328 e. The molecule has 9 rings (SSSR count). The molecule has 7 heteroatoms. The van der Waals surface area contributed by atoms with Gasteiger partial charge in [0.2, 0.25) is 5.95 Å². The van der Waals surface area contributed by atoms with E-state index < -0.39 is 7.14 Å². The molecule has 0 spiro atoms. The van der Waals surface area contributed by atoms with Gasteiger partial charge < -0.3 is 14.4 Å². The molecular formula is C41H32N5OP. The zero-order chi connectivity index (χ0) is 32.2. The molecule has 0 aliphatic carbocycles. The zero-order valence-corrected chi connectivity index (χ0v) is 27.3. The third kappa shape index (κ3) is 4.56. The van der Waals surface area contributed by atoms with Gasteiger partial charge in [-0.1, -0.05) is 91.0 Å². The summed E-state index contributed by atoms with van der Waals surface area (Å²) < 4.78 is 19.4. The van der Waals surface area contributed by atoms with Crippen molar-refractivity contribution < 1.29 is 4.57 Å². The molecule has 0 saturated carbocycles. The number of para-hydroxylation sites is 5. The molecule has 1 atom stereocenters. The summed E-state index contributed by atoms with van der Waals surface area (Å²) in [4.78, 5) is 9.59. The van der Waals surface area contributed by atoms with E-state index in [4.69, 9.17) is 4.98 Å². The van der Waals surface area contributed by atoms with Crippen molar-refractivity contribution in [2.45, 2.75) is 0 Å². The number of anilines is 2. The lowest BCUT2D eigenvalue weighted by Gasteiger charge is -2.23. The standard InChI is InChI=1S/C41H32N5OP/c1-48(47,33-18-12-17-32(27-33)44-26-25-43(29-44)30-13-4-2-5-14-30)34-23-24-36-35-19-8-10-21-38(35)46(40(36)28-34)41-42-37-20-9-11-22-39(37)45(41)31-15-6-3-7-16-31/h2-28H,29H2,1H3. The van der Waals surface area contributed by atoms with Gasteiger partial charge in [-0.25, -0.2) is 4.98 Å². The van der Waals surface area contributed by atoms with Crippen molar-refractivity contribution >= 4 is 62.0 Å². The summed E-state index contributed by atoms with van der Waals surface area (Å²) in [7, 11) is -3.00. The fraction of sp³-hybridized carbons (Fsp3) is 0.0488. The average Bonchev–Trinajstić information content (AvgIpc) is 3.87. The molecule has 0 bridgehead atoms. The van der Waals surface area contributed by atoms with E-state index in [0.29, 0.717) is 6.67 Å². The summed E-state index contributed by atoms with van der Waals surface area (Å²) in [5.74, 6) is 0.794. The van der Waals surface area contributed by atoms with E-state index in [9.17, 15) is 4.57 Å². The summed E-state index contributed by atoms with van der Waals surface area (Å²) in [5.41, 5.74) is 7.14. The summed E-state index contributed by atoms with van der Waals surface area (Å²) in [5, 5.41) is 3.85. The second-order valence-corrected chi connectivity index (χ2v) is 15.2. The lowest BCUT2D eigenvalue weighted by Crippen LogP contribution is -2.25. The van der Waals surface area contributed by atoms with Crippen molar-refractivity contribution in [3.05, 3.63) is 164 Å². The molecule has 1 aliphatic heterocycles. The van der Waals surface area contributed by atoms with Crippen molar-refractivity contribution in [3.63, 3.8) is 0 Å². The molecule has 0 N–H and O–H groups in total. The fourth-order valence-corrected chi connectivity index (χ4v) is 8.67. The second kappa shape index (κ2) is 11.2. The molecule has 0 fully saturated rings. The van der Waals surface area contributed by atoms with Crippen LogP contribution in [0.5, 0.6) is 0 Å². The Morgan fingerprint density at radius 3 is 1.92 bits per heavy atom. The number of hydrogen-bond donors (Lipinski definition) is 0. The Bertz CT molecular complexity index is 2550. The average molecular weight is 642 g/mol. The molecule has 6 aromatic carbocycles. The van der Waals surface area contributed by atoms with Crippen molar-refractivity contribution in [2.75, 3.05) is 23.1 Å². The molecule has 0 saturated heterocycles. The normalized spacial score (nSPS) is 14.4. The van der Waals surface area contributed by atoms with Gasteiger partial charge in [-0.05, 0) is 67.3 Å². The molecule has 48 heavy (non-hydrogen) atoms. The molecule has 3 heterocycles. The van der Waals surface area contributed by atoms with Gasteiger partial charge in [0.05, 0.1) is 28.7 Å². The Morgan fingerprint density at radius 1 is 0.521 bits per heavy atom. The van der Waals surface area contributed by atoms with E-state index in [2.05, 4.69) is 134 Å². The maximum atomic E-state index is 14.9. The first-order valence-electron chi connectivity index (χ1n) is 16.1. The predicted molar refractivity (Wildman–Crippen MR) is 200 cm³/mol. The Morgan fingerprint density at radius 2 is 1.12 bits per heavy atom. The minimum absolute atomic E-state index is 0.690. The molecule has 0 amide bonds. The highest BCUT2D eigenvalue weighted by Gasteiger charge is 2.26. The van der Waals surface area contributed by atoms with Crippen LogP contribution in [0.15, 0.2) is 164 Å². The minimum atomic E-state index is -3.00. The van der Waals surface area contributed by atoms with Gasteiger partial charge in [0.1, 0.15) is 7.14 Å². The van der Waals surface area contributed by atoms with Crippen LogP contribution in [0.4, 0.5) is 11.4 Å². The quantitative estimate of drug-likeness (QED) is 0.170. The lowest BCUT2D eigenvalue weighted by molar-refractivity contribution is 0.590. The Kier molecular flexibility index (Phi) is 6.59. The highest BCUT2D eigenvalue weighted by Crippen LogP contribution is 2.42. The van der Waals surface area contributed by atoms with Crippen molar-refractivity contribution in [1.82, 2.24) is 14.1 Å². The summed E-state index contributed by atoms with van der Waals surface area (Å²) >= 11 is 0. The van der Waals surface area contributed by atoms with Gasteiger partial charge in [0.15, 0.2) is 0 Å². The lowest BCUT2D eigenvalue weighted by atomic mass is 10.2. The molecular weight excluding hydrogens is 609 g/mol. The van der Waals surface area contributed by atoms with Gasteiger partial charge in [-0.2, -0.15) is 0 Å². The highest BCUT2D eigenvalue weighted by atomic mass is 31.2. The maximum Gasteiger partial charge on any atom is 0.220 e. The van der Waals surface area contributed by atoms with E-state index in [0.717, 1.165) is 66.5 Å². The number of nitrogens with zero attached hydrogens (tertiary/aromatic N) is 5. The van der Waals surface area contributed by atoms with E-state index >= 15 is 0 Å². The Labute approximate surface area is 278 Å². The van der Waals surface area contributed by atoms with Gasteiger partial charge in [-0.15, -0.1) is 0 Å². The topological polar surface area (TPSA) is 46.3 Å². The van der Waals surface area contributed by atoms with Crippen LogP contribution >= 0.6 is 7.14 Å². The predicted octanol–water partition coefficient (Wildman–Crippen LogP) is 8.82. The number of benzene rings is 6. The second-order valence-electron chi connectivity index (χ2n) is 12.3. The number of rotatable bonds is 6.